The molecule has 7 nitrogen and oxygen atoms in total. The summed E-state index contributed by atoms with van der Waals surface area (Å²) in [4.78, 5) is 33.7. The normalized spacial score (nSPS) is 12.7. The van der Waals surface area contributed by atoms with E-state index in [1.807, 2.05) is 0 Å². The van der Waals surface area contributed by atoms with Crippen molar-refractivity contribution in [2.75, 3.05) is 25.7 Å². The van der Waals surface area contributed by atoms with Crippen LogP contribution in [0.1, 0.15) is 22.3 Å². The van der Waals surface area contributed by atoms with E-state index in [4.69, 9.17) is 15.2 Å². The van der Waals surface area contributed by atoms with Crippen LogP contribution in [0.15, 0.2) is 97.3 Å². The van der Waals surface area contributed by atoms with Crippen molar-refractivity contribution in [3.8, 4) is 11.5 Å². The summed E-state index contributed by atoms with van der Waals surface area (Å²) in [5.74, 6) is -0.823. The van der Waals surface area contributed by atoms with Gasteiger partial charge < -0.3 is 20.1 Å². The summed E-state index contributed by atoms with van der Waals surface area (Å²) >= 11 is 0. The Morgan fingerprint density at radius 1 is 0.829 bits per heavy atom. The summed E-state index contributed by atoms with van der Waals surface area (Å²) in [6.45, 7) is 0.00179. The van der Waals surface area contributed by atoms with Crippen molar-refractivity contribution in [1.82, 2.24) is 4.98 Å². The van der Waals surface area contributed by atoms with Crippen LogP contribution in [0, 0.1) is 0 Å². The van der Waals surface area contributed by atoms with Gasteiger partial charge >= 0.3 is 6.18 Å². The molecule has 212 valence electrons. The van der Waals surface area contributed by atoms with Crippen molar-refractivity contribution in [2.45, 2.75) is 18.0 Å². The van der Waals surface area contributed by atoms with Crippen LogP contribution in [0.2, 0.25) is 0 Å². The number of benzene rings is 3. The van der Waals surface area contributed by atoms with Crippen LogP contribution in [-0.4, -0.2) is 37.6 Å². The van der Waals surface area contributed by atoms with Gasteiger partial charge in [-0.1, -0.05) is 48.5 Å². The molecule has 1 aromatic heterocycles. The number of aromatic nitrogens is 1. The molecule has 4 rings (SSSR count). The largest absolute Gasteiger partial charge is 0.493 e. The molecule has 1 atom stereocenters. The Kier molecular flexibility index (Phi) is 8.61. The second-order valence-corrected chi connectivity index (χ2v) is 9.16. The number of amides is 2. The third kappa shape index (κ3) is 5.86. The summed E-state index contributed by atoms with van der Waals surface area (Å²) in [7, 11) is 2.92. The molecule has 0 aliphatic heterocycles. The van der Waals surface area contributed by atoms with E-state index in [2.05, 4.69) is 4.98 Å². The number of ether oxygens (including phenoxy) is 2. The average molecular weight is 564 g/mol. The van der Waals surface area contributed by atoms with E-state index in [1.165, 1.54) is 43.6 Å². The van der Waals surface area contributed by atoms with E-state index in [-0.39, 0.29) is 18.5 Å². The van der Waals surface area contributed by atoms with Gasteiger partial charge in [0.05, 0.1) is 19.8 Å². The third-order valence-corrected chi connectivity index (χ3v) is 6.82. The van der Waals surface area contributed by atoms with Gasteiger partial charge in [-0.05, 0) is 53.4 Å². The number of anilines is 1. The van der Waals surface area contributed by atoms with Gasteiger partial charge in [0.25, 0.3) is 5.91 Å². The predicted octanol–water partition coefficient (Wildman–Crippen LogP) is 5.16. The van der Waals surface area contributed by atoms with E-state index in [9.17, 15) is 22.8 Å². The molecular formula is C31H28F3N3O4. The number of carbonyl (C=O) groups excluding carboxylic acids is 2. The maximum atomic E-state index is 14.7. The minimum Gasteiger partial charge on any atom is -0.493 e. The number of nitrogens with zero attached hydrogens (tertiary/aromatic N) is 2. The Morgan fingerprint density at radius 3 is 2.05 bits per heavy atom. The first kappa shape index (κ1) is 29.1. The molecule has 0 aliphatic carbocycles. The summed E-state index contributed by atoms with van der Waals surface area (Å²) in [6, 6.07) is 21.2. The zero-order valence-corrected chi connectivity index (χ0v) is 22.4. The number of primary amides is 1. The fourth-order valence-electron chi connectivity index (χ4n) is 4.72. The highest BCUT2D eigenvalue weighted by molar-refractivity contribution is 6.19. The summed E-state index contributed by atoms with van der Waals surface area (Å²) in [5.41, 5.74) is 4.84. The van der Waals surface area contributed by atoms with Gasteiger partial charge in [0.2, 0.25) is 5.91 Å². The van der Waals surface area contributed by atoms with Crippen LogP contribution in [0.25, 0.3) is 0 Å². The first-order valence-electron chi connectivity index (χ1n) is 12.6. The average Bonchev–Trinajstić information content (AvgIpc) is 2.98. The van der Waals surface area contributed by atoms with Crippen LogP contribution in [-0.2, 0) is 27.6 Å². The SMILES string of the molecule is COc1ccc(N(CCc2ccc(C(F)(F)F)cc2)C(=O)C(C(N)=O)(c2ccccc2)c2cccnc2)cc1OC. The fourth-order valence-corrected chi connectivity index (χ4v) is 4.72. The maximum absolute atomic E-state index is 14.7. The maximum Gasteiger partial charge on any atom is 0.416 e. The van der Waals surface area contributed by atoms with Gasteiger partial charge in [0.1, 0.15) is 0 Å². The molecule has 0 fully saturated rings. The van der Waals surface area contributed by atoms with Gasteiger partial charge in [-0.15, -0.1) is 0 Å². The topological polar surface area (TPSA) is 94.8 Å². The van der Waals surface area contributed by atoms with Crippen molar-refractivity contribution in [1.29, 1.82) is 0 Å². The zero-order chi connectivity index (χ0) is 29.6. The van der Waals surface area contributed by atoms with Crippen molar-refractivity contribution in [2.24, 2.45) is 5.73 Å². The Bertz CT molecular complexity index is 1460. The van der Waals surface area contributed by atoms with Crippen molar-refractivity contribution < 1.29 is 32.2 Å². The smallest absolute Gasteiger partial charge is 0.416 e. The molecule has 4 aromatic rings. The molecule has 41 heavy (non-hydrogen) atoms. The van der Waals surface area contributed by atoms with Crippen LogP contribution < -0.4 is 20.1 Å². The first-order valence-corrected chi connectivity index (χ1v) is 12.6. The molecule has 2 amide bonds. The number of hydrogen-bond acceptors (Lipinski definition) is 5. The Labute approximate surface area is 235 Å². The lowest BCUT2D eigenvalue weighted by molar-refractivity contribution is -0.137. The number of rotatable bonds is 10. The summed E-state index contributed by atoms with van der Waals surface area (Å²) in [5, 5.41) is 0. The molecule has 0 saturated heterocycles. The van der Waals surface area contributed by atoms with Crippen molar-refractivity contribution in [3.05, 3.63) is 120 Å². The van der Waals surface area contributed by atoms with E-state index < -0.39 is 29.0 Å². The third-order valence-electron chi connectivity index (χ3n) is 6.82. The van der Waals surface area contributed by atoms with E-state index >= 15 is 0 Å². The monoisotopic (exact) mass is 563 g/mol. The molecule has 0 bridgehead atoms. The minimum atomic E-state index is -4.47. The molecule has 1 unspecified atom stereocenters. The molecule has 2 N–H and O–H groups in total. The van der Waals surface area contributed by atoms with E-state index in [0.29, 0.717) is 28.3 Å². The second kappa shape index (κ2) is 12.1. The van der Waals surface area contributed by atoms with Gasteiger partial charge in [0.15, 0.2) is 16.9 Å². The Hall–Kier alpha value is -4.86. The molecule has 1 heterocycles. The molecule has 0 saturated carbocycles. The van der Waals surface area contributed by atoms with Gasteiger partial charge in [-0.25, -0.2) is 0 Å². The lowest BCUT2D eigenvalue weighted by Gasteiger charge is -2.36. The Balaban J connectivity index is 1.86. The predicted molar refractivity (Wildman–Crippen MR) is 148 cm³/mol. The van der Waals surface area contributed by atoms with E-state index in [0.717, 1.165) is 12.1 Å². The molecule has 10 heteroatoms. The summed E-state index contributed by atoms with van der Waals surface area (Å²) in [6.07, 6.45) is -1.37. The zero-order valence-electron chi connectivity index (χ0n) is 22.4. The number of hydrogen-bond donors (Lipinski definition) is 1. The van der Waals surface area contributed by atoms with Crippen LogP contribution >= 0.6 is 0 Å². The molecule has 0 spiro atoms. The number of alkyl halides is 3. The van der Waals surface area contributed by atoms with Crippen LogP contribution in [0.5, 0.6) is 11.5 Å². The number of methoxy groups -OCH3 is 2. The number of carbonyl (C=O) groups is 2. The van der Waals surface area contributed by atoms with Crippen molar-refractivity contribution >= 4 is 17.5 Å². The second-order valence-electron chi connectivity index (χ2n) is 9.16. The molecular weight excluding hydrogens is 535 g/mol. The number of nitrogens with two attached hydrogens (primary N) is 1. The van der Waals surface area contributed by atoms with E-state index in [1.54, 1.807) is 60.7 Å². The minimum absolute atomic E-state index is 0.00179. The summed E-state index contributed by atoms with van der Waals surface area (Å²) < 4.78 is 50.1. The highest BCUT2D eigenvalue weighted by Gasteiger charge is 2.50. The molecule has 0 aliphatic rings. The highest BCUT2D eigenvalue weighted by Crippen LogP contribution is 2.38. The highest BCUT2D eigenvalue weighted by atomic mass is 19.4. The fraction of sp³-hybridized carbons (Fsp3) is 0.194. The van der Waals surface area contributed by atoms with Gasteiger partial charge in [0, 0.05) is 30.7 Å². The number of pyridine rings is 1. The van der Waals surface area contributed by atoms with Crippen LogP contribution in [0.3, 0.4) is 0 Å². The number of halogens is 3. The quantitative estimate of drug-likeness (QED) is 0.269. The Morgan fingerprint density at radius 2 is 1.49 bits per heavy atom. The van der Waals surface area contributed by atoms with Crippen LogP contribution in [0.4, 0.5) is 18.9 Å². The lowest BCUT2D eigenvalue weighted by Crippen LogP contribution is -2.56. The standard InChI is InChI=1S/C31H28F3N3O4/c1-40-26-15-14-25(19-27(26)41-2)37(18-16-21-10-12-23(13-11-21)31(32,33)34)29(39)30(28(35)38,22-7-4-3-5-8-22)24-9-6-17-36-20-24/h3-15,17,19-20H,16,18H2,1-2H3,(H2,35,38). The molecule has 0 radical (unpaired) electrons. The lowest BCUT2D eigenvalue weighted by atomic mass is 9.73. The first-order chi connectivity index (χ1) is 19.6. The van der Waals surface area contributed by atoms with Gasteiger partial charge in [-0.3, -0.25) is 14.6 Å². The molecule has 3 aromatic carbocycles. The van der Waals surface area contributed by atoms with Crippen molar-refractivity contribution in [3.63, 3.8) is 0 Å². The van der Waals surface area contributed by atoms with Gasteiger partial charge in [-0.2, -0.15) is 13.2 Å².